The molecule has 1 aliphatic rings. The van der Waals surface area contributed by atoms with Crippen molar-refractivity contribution in [1.29, 1.82) is 0 Å². The zero-order valence-electron chi connectivity index (χ0n) is 20.7. The summed E-state index contributed by atoms with van der Waals surface area (Å²) in [6.45, 7) is 10.1. The molecule has 0 aromatic heterocycles. The van der Waals surface area contributed by atoms with Crippen LogP contribution in [0, 0.1) is 5.92 Å². The summed E-state index contributed by atoms with van der Waals surface area (Å²) in [5.74, 6) is 0.181. The van der Waals surface area contributed by atoms with Crippen LogP contribution in [0.15, 0.2) is 72.1 Å². The highest BCUT2D eigenvalue weighted by atomic mass is 35.5. The molecule has 0 saturated carbocycles. The maximum atomic E-state index is 13.1. The Morgan fingerprint density at radius 2 is 1.94 bits per heavy atom. The standard InChI is InChI=1S/C28H32ClN3O3/c1-6-18(4)10-13-25(27(30)17(2)3)31-26(33)16-32-15-23-20(8-7-9-22(23)28(32)34)21-12-11-19(35-5)14-24(21)29/h7-14,17H,4,6,15-16,30H2,1-3,5H3,(H,31,33)/b13-10-,27-25-. The Morgan fingerprint density at radius 1 is 1.23 bits per heavy atom. The molecule has 2 amide bonds. The lowest BCUT2D eigenvalue weighted by atomic mass is 9.97. The van der Waals surface area contributed by atoms with Crippen LogP contribution in [0.2, 0.25) is 5.02 Å². The smallest absolute Gasteiger partial charge is 0.254 e. The third-order valence-corrected chi connectivity index (χ3v) is 6.30. The zero-order valence-corrected chi connectivity index (χ0v) is 21.4. The molecule has 0 fully saturated rings. The number of halogens is 1. The molecule has 6 nitrogen and oxygen atoms in total. The van der Waals surface area contributed by atoms with E-state index in [1.165, 1.54) is 4.90 Å². The number of nitrogens with two attached hydrogens (primary N) is 1. The van der Waals surface area contributed by atoms with E-state index in [0.717, 1.165) is 28.7 Å². The van der Waals surface area contributed by atoms with E-state index in [0.29, 0.717) is 34.3 Å². The van der Waals surface area contributed by atoms with Crippen molar-refractivity contribution in [2.75, 3.05) is 13.7 Å². The third kappa shape index (κ3) is 5.95. The molecule has 0 saturated heterocycles. The van der Waals surface area contributed by atoms with Crippen molar-refractivity contribution in [3.05, 3.63) is 88.2 Å². The van der Waals surface area contributed by atoms with Crippen LogP contribution in [0.4, 0.5) is 0 Å². The number of ether oxygens (including phenoxy) is 1. The summed E-state index contributed by atoms with van der Waals surface area (Å²) < 4.78 is 5.24. The minimum Gasteiger partial charge on any atom is -0.497 e. The Balaban J connectivity index is 1.82. The second-order valence-electron chi connectivity index (χ2n) is 8.76. The van der Waals surface area contributed by atoms with Gasteiger partial charge in [-0.2, -0.15) is 0 Å². The average molecular weight is 494 g/mol. The van der Waals surface area contributed by atoms with Gasteiger partial charge in [-0.05, 0) is 53.8 Å². The van der Waals surface area contributed by atoms with Gasteiger partial charge in [0.1, 0.15) is 12.3 Å². The first-order valence-electron chi connectivity index (χ1n) is 11.6. The number of fused-ring (bicyclic) bond motifs is 1. The van der Waals surface area contributed by atoms with Crippen molar-refractivity contribution in [2.24, 2.45) is 11.7 Å². The first-order valence-corrected chi connectivity index (χ1v) is 11.9. The lowest BCUT2D eigenvalue weighted by Gasteiger charge is -2.18. The molecule has 0 unspecified atom stereocenters. The zero-order chi connectivity index (χ0) is 25.7. The summed E-state index contributed by atoms with van der Waals surface area (Å²) >= 11 is 6.50. The van der Waals surface area contributed by atoms with Gasteiger partial charge in [-0.1, -0.05) is 62.7 Å². The van der Waals surface area contributed by atoms with Crippen molar-refractivity contribution in [1.82, 2.24) is 10.2 Å². The predicted molar refractivity (Wildman–Crippen MR) is 141 cm³/mol. The minimum absolute atomic E-state index is 0.0410. The van der Waals surface area contributed by atoms with Gasteiger partial charge in [-0.3, -0.25) is 9.59 Å². The van der Waals surface area contributed by atoms with E-state index in [-0.39, 0.29) is 24.3 Å². The average Bonchev–Trinajstić information content (AvgIpc) is 3.16. The number of rotatable bonds is 9. The summed E-state index contributed by atoms with van der Waals surface area (Å²) in [5, 5.41) is 3.41. The highest BCUT2D eigenvalue weighted by Crippen LogP contribution is 2.37. The van der Waals surface area contributed by atoms with Crippen molar-refractivity contribution in [3.63, 3.8) is 0 Å². The number of amides is 2. The number of carbonyl (C=O) groups is 2. The molecule has 0 atom stereocenters. The lowest BCUT2D eigenvalue weighted by molar-refractivity contribution is -0.121. The van der Waals surface area contributed by atoms with E-state index in [2.05, 4.69) is 11.9 Å². The first-order chi connectivity index (χ1) is 16.7. The summed E-state index contributed by atoms with van der Waals surface area (Å²) in [7, 11) is 1.58. The molecule has 0 radical (unpaired) electrons. The van der Waals surface area contributed by atoms with Gasteiger partial charge in [0.2, 0.25) is 5.91 Å². The molecule has 2 aromatic carbocycles. The van der Waals surface area contributed by atoms with Crippen LogP contribution in [0.1, 0.15) is 43.1 Å². The molecule has 0 aliphatic carbocycles. The number of hydrogen-bond donors (Lipinski definition) is 2. The maximum absolute atomic E-state index is 13.1. The Bertz CT molecular complexity index is 1210. The Labute approximate surface area is 212 Å². The van der Waals surface area contributed by atoms with E-state index in [4.69, 9.17) is 22.1 Å². The van der Waals surface area contributed by atoms with Gasteiger partial charge in [-0.25, -0.2) is 0 Å². The van der Waals surface area contributed by atoms with Crippen molar-refractivity contribution >= 4 is 23.4 Å². The van der Waals surface area contributed by atoms with Crippen LogP contribution in [-0.4, -0.2) is 30.4 Å². The SMILES string of the molecule is C=C(/C=C\C(NC(=O)CN1Cc2c(cccc2-c2ccc(OC)cc2Cl)C1=O)=C(\N)C(C)C)CC. The molecule has 3 N–H and O–H groups in total. The Morgan fingerprint density at radius 3 is 2.57 bits per heavy atom. The third-order valence-electron chi connectivity index (χ3n) is 5.99. The largest absolute Gasteiger partial charge is 0.497 e. The van der Waals surface area contributed by atoms with Gasteiger partial charge >= 0.3 is 0 Å². The van der Waals surface area contributed by atoms with Crippen LogP contribution < -0.4 is 15.8 Å². The van der Waals surface area contributed by atoms with Crippen molar-refractivity contribution in [3.8, 4) is 16.9 Å². The van der Waals surface area contributed by atoms with Gasteiger partial charge in [0.05, 0.1) is 17.8 Å². The first kappa shape index (κ1) is 26.1. The lowest BCUT2D eigenvalue weighted by Crippen LogP contribution is -2.37. The highest BCUT2D eigenvalue weighted by molar-refractivity contribution is 6.33. The van der Waals surface area contributed by atoms with E-state index < -0.39 is 0 Å². The number of carbonyl (C=O) groups excluding carboxylic acids is 2. The van der Waals surface area contributed by atoms with E-state index in [9.17, 15) is 9.59 Å². The number of nitrogens with one attached hydrogen (secondary N) is 1. The van der Waals surface area contributed by atoms with Gasteiger partial charge in [0.15, 0.2) is 0 Å². The summed E-state index contributed by atoms with van der Waals surface area (Å²) in [6.07, 6.45) is 4.40. The molecule has 184 valence electrons. The molecule has 0 bridgehead atoms. The number of methoxy groups -OCH3 is 1. The summed E-state index contributed by atoms with van der Waals surface area (Å²) in [6, 6.07) is 11.0. The number of benzene rings is 2. The molecule has 1 aliphatic heterocycles. The van der Waals surface area contributed by atoms with Crippen LogP contribution in [0.3, 0.4) is 0 Å². The van der Waals surface area contributed by atoms with Gasteiger partial charge in [-0.15, -0.1) is 0 Å². The monoisotopic (exact) mass is 493 g/mol. The van der Waals surface area contributed by atoms with Crippen molar-refractivity contribution in [2.45, 2.75) is 33.7 Å². The molecule has 7 heteroatoms. The van der Waals surface area contributed by atoms with E-state index >= 15 is 0 Å². The predicted octanol–water partition coefficient (Wildman–Crippen LogP) is 5.44. The molecule has 1 heterocycles. The highest BCUT2D eigenvalue weighted by Gasteiger charge is 2.31. The van der Waals surface area contributed by atoms with Crippen LogP contribution in [0.5, 0.6) is 5.75 Å². The second-order valence-corrected chi connectivity index (χ2v) is 9.16. The van der Waals surface area contributed by atoms with Gasteiger partial charge in [0.25, 0.3) is 5.91 Å². The number of allylic oxidation sites excluding steroid dienone is 4. The van der Waals surface area contributed by atoms with Crippen LogP contribution >= 0.6 is 11.6 Å². The molecular formula is C28H32ClN3O3. The fraction of sp³-hybridized carbons (Fsp3) is 0.286. The van der Waals surface area contributed by atoms with Crippen molar-refractivity contribution < 1.29 is 14.3 Å². The quantitative estimate of drug-likeness (QED) is 0.456. The van der Waals surface area contributed by atoms with E-state index in [1.807, 2.05) is 51.1 Å². The topological polar surface area (TPSA) is 84.7 Å². The maximum Gasteiger partial charge on any atom is 0.254 e. The Hall–Kier alpha value is -3.51. The number of hydrogen-bond acceptors (Lipinski definition) is 4. The Kier molecular flexibility index (Phi) is 8.41. The molecule has 2 aromatic rings. The van der Waals surface area contributed by atoms with Crippen LogP contribution in [-0.2, 0) is 11.3 Å². The van der Waals surface area contributed by atoms with Gasteiger partial charge in [0, 0.05) is 23.4 Å². The molecule has 0 spiro atoms. The normalized spacial score (nSPS) is 13.8. The van der Waals surface area contributed by atoms with Crippen LogP contribution in [0.25, 0.3) is 11.1 Å². The second kappa shape index (κ2) is 11.3. The van der Waals surface area contributed by atoms with E-state index in [1.54, 1.807) is 25.3 Å². The molecule has 3 rings (SSSR count). The van der Waals surface area contributed by atoms with Gasteiger partial charge < -0.3 is 20.7 Å². The fourth-order valence-electron chi connectivity index (χ4n) is 3.82. The summed E-state index contributed by atoms with van der Waals surface area (Å²) in [4.78, 5) is 27.6. The molecular weight excluding hydrogens is 462 g/mol. The molecule has 35 heavy (non-hydrogen) atoms. The summed E-state index contributed by atoms with van der Waals surface area (Å²) in [5.41, 5.74) is 11.3. The number of nitrogens with zero attached hydrogens (tertiary/aromatic N) is 1. The minimum atomic E-state index is -0.319. The fourth-order valence-corrected chi connectivity index (χ4v) is 4.09.